The summed E-state index contributed by atoms with van der Waals surface area (Å²) in [5.41, 5.74) is 15.2. The monoisotopic (exact) mass is 759 g/mol. The minimum atomic E-state index is -0.118. The first kappa shape index (κ1) is 33.2. The molecule has 1 aliphatic carbocycles. The van der Waals surface area contributed by atoms with Crippen LogP contribution in [0.15, 0.2) is 192 Å². The van der Waals surface area contributed by atoms with Crippen molar-refractivity contribution in [2.24, 2.45) is 0 Å². The SMILES string of the molecule is CC1(C)c2ccccc2-c2ccc(N(c3ccc(-c4ccc5c(c4)sc4ccccc45)cc3)c3cccc(-c4cccc5oc6c7ccccc7ccc6c45)c3)cc21. The number of nitrogens with zero attached hydrogens (tertiary/aromatic N) is 1. The minimum absolute atomic E-state index is 0.118. The van der Waals surface area contributed by atoms with Gasteiger partial charge in [-0.2, -0.15) is 0 Å². The summed E-state index contributed by atoms with van der Waals surface area (Å²) in [6.07, 6.45) is 0. The van der Waals surface area contributed by atoms with Crippen molar-refractivity contribution in [2.75, 3.05) is 4.90 Å². The van der Waals surface area contributed by atoms with Crippen molar-refractivity contribution < 1.29 is 4.42 Å². The summed E-state index contributed by atoms with van der Waals surface area (Å²) in [5, 5.41) is 7.24. The van der Waals surface area contributed by atoms with E-state index in [2.05, 4.69) is 207 Å². The van der Waals surface area contributed by atoms with Crippen LogP contribution in [-0.4, -0.2) is 0 Å². The van der Waals surface area contributed by atoms with Gasteiger partial charge in [0, 0.05) is 58.8 Å². The third-order valence-corrected chi connectivity index (χ3v) is 13.6. The molecule has 1 aliphatic rings. The van der Waals surface area contributed by atoms with E-state index in [9.17, 15) is 0 Å². The molecule has 0 fully saturated rings. The Morgan fingerprint density at radius 3 is 2.03 bits per heavy atom. The van der Waals surface area contributed by atoms with Crippen molar-refractivity contribution in [3.8, 4) is 33.4 Å². The Hall–Kier alpha value is -6.94. The predicted molar refractivity (Wildman–Crippen MR) is 247 cm³/mol. The van der Waals surface area contributed by atoms with E-state index >= 15 is 0 Å². The van der Waals surface area contributed by atoms with E-state index in [1.54, 1.807) is 0 Å². The summed E-state index contributed by atoms with van der Waals surface area (Å²) >= 11 is 1.87. The molecule has 0 saturated carbocycles. The van der Waals surface area contributed by atoms with Crippen LogP contribution in [0.1, 0.15) is 25.0 Å². The normalized spacial score (nSPS) is 13.1. The van der Waals surface area contributed by atoms with Crippen molar-refractivity contribution in [1.82, 2.24) is 0 Å². The van der Waals surface area contributed by atoms with Gasteiger partial charge in [-0.25, -0.2) is 0 Å². The first-order chi connectivity index (χ1) is 28.5. The zero-order chi connectivity index (χ0) is 38.5. The van der Waals surface area contributed by atoms with Crippen molar-refractivity contribution >= 4 is 81.3 Å². The third kappa shape index (κ3) is 4.97. The summed E-state index contributed by atoms with van der Waals surface area (Å²) in [6, 6.07) is 68.9. The molecule has 0 aliphatic heterocycles. The van der Waals surface area contributed by atoms with E-state index in [0.29, 0.717) is 0 Å². The van der Waals surface area contributed by atoms with E-state index in [1.807, 2.05) is 11.3 Å². The molecule has 11 aromatic rings. The van der Waals surface area contributed by atoms with E-state index in [0.717, 1.165) is 55.5 Å². The van der Waals surface area contributed by atoms with E-state index in [-0.39, 0.29) is 5.41 Å². The van der Waals surface area contributed by atoms with Gasteiger partial charge >= 0.3 is 0 Å². The highest BCUT2D eigenvalue weighted by molar-refractivity contribution is 7.25. The molecule has 0 unspecified atom stereocenters. The molecule has 274 valence electrons. The standard InChI is InChI=1S/C55H37NOS/c1-55(2)48-18-7-5-15-43(48)44-30-27-40(33-49(44)55)56(38-25-21-34(22-26-38)36-24-28-46-45-16-6-8-20-51(45)58-52(46)32-36)39-13-9-12-37(31-39)41-17-10-19-50-53(41)47-29-23-35-11-3-4-14-42(35)54(47)57-50/h3-33H,1-2H3. The third-order valence-electron chi connectivity index (χ3n) is 12.5. The lowest BCUT2D eigenvalue weighted by atomic mass is 9.82. The van der Waals surface area contributed by atoms with Crippen LogP contribution in [0.25, 0.3) is 86.3 Å². The molecule has 0 amide bonds. The van der Waals surface area contributed by atoms with Gasteiger partial charge < -0.3 is 9.32 Å². The van der Waals surface area contributed by atoms with Gasteiger partial charge in [-0.3, -0.25) is 0 Å². The maximum absolute atomic E-state index is 6.61. The molecular formula is C55H37NOS. The second kappa shape index (κ2) is 12.5. The van der Waals surface area contributed by atoms with Gasteiger partial charge in [0.2, 0.25) is 0 Å². The Morgan fingerprint density at radius 1 is 0.431 bits per heavy atom. The summed E-state index contributed by atoms with van der Waals surface area (Å²) in [4.78, 5) is 2.42. The maximum Gasteiger partial charge on any atom is 0.143 e. The lowest BCUT2D eigenvalue weighted by molar-refractivity contribution is 0.660. The highest BCUT2D eigenvalue weighted by atomic mass is 32.1. The molecule has 0 atom stereocenters. The van der Waals surface area contributed by atoms with E-state index < -0.39 is 0 Å². The fraction of sp³-hybridized carbons (Fsp3) is 0.0545. The number of benzene rings is 9. The number of anilines is 3. The molecule has 0 spiro atoms. The van der Waals surface area contributed by atoms with Crippen molar-refractivity contribution in [3.05, 3.63) is 199 Å². The fourth-order valence-corrected chi connectivity index (χ4v) is 10.7. The van der Waals surface area contributed by atoms with Crippen molar-refractivity contribution in [1.29, 1.82) is 0 Å². The molecule has 9 aromatic carbocycles. The van der Waals surface area contributed by atoms with Crippen LogP contribution in [0.4, 0.5) is 17.1 Å². The zero-order valence-corrected chi connectivity index (χ0v) is 33.0. The second-order valence-corrected chi connectivity index (χ2v) is 17.2. The van der Waals surface area contributed by atoms with Gasteiger partial charge in [0.1, 0.15) is 11.2 Å². The summed E-state index contributed by atoms with van der Waals surface area (Å²) in [5.74, 6) is 0. The fourth-order valence-electron chi connectivity index (χ4n) is 9.59. The van der Waals surface area contributed by atoms with Gasteiger partial charge in [-0.15, -0.1) is 11.3 Å². The molecular weight excluding hydrogens is 723 g/mol. The molecule has 12 rings (SSSR count). The molecule has 0 saturated heterocycles. The topological polar surface area (TPSA) is 16.4 Å². The molecule has 2 nitrogen and oxygen atoms in total. The molecule has 0 bridgehead atoms. The van der Waals surface area contributed by atoms with Gasteiger partial charge in [0.15, 0.2) is 0 Å². The Balaban J connectivity index is 1.01. The number of hydrogen-bond donors (Lipinski definition) is 0. The zero-order valence-electron chi connectivity index (χ0n) is 32.2. The first-order valence-corrected chi connectivity index (χ1v) is 20.8. The van der Waals surface area contributed by atoms with Crippen LogP contribution < -0.4 is 4.90 Å². The van der Waals surface area contributed by atoms with Crippen molar-refractivity contribution in [3.63, 3.8) is 0 Å². The molecule has 0 radical (unpaired) electrons. The highest BCUT2D eigenvalue weighted by Gasteiger charge is 2.35. The average Bonchev–Trinajstić information content (AvgIpc) is 3.92. The van der Waals surface area contributed by atoms with Crippen LogP contribution >= 0.6 is 11.3 Å². The van der Waals surface area contributed by atoms with Gasteiger partial charge in [-0.05, 0) is 111 Å². The molecule has 0 N–H and O–H groups in total. The van der Waals surface area contributed by atoms with Crippen LogP contribution in [0.5, 0.6) is 0 Å². The molecule has 3 heteroatoms. The smallest absolute Gasteiger partial charge is 0.143 e. The van der Waals surface area contributed by atoms with E-state index in [1.165, 1.54) is 58.9 Å². The number of fused-ring (bicyclic) bond motifs is 11. The molecule has 2 heterocycles. The summed E-state index contributed by atoms with van der Waals surface area (Å²) < 4.78 is 9.25. The average molecular weight is 760 g/mol. The minimum Gasteiger partial charge on any atom is -0.455 e. The van der Waals surface area contributed by atoms with Crippen molar-refractivity contribution in [2.45, 2.75) is 19.3 Å². The Labute approximate surface area is 340 Å². The highest BCUT2D eigenvalue weighted by Crippen LogP contribution is 2.51. The Kier molecular flexibility index (Phi) is 7.18. The largest absolute Gasteiger partial charge is 0.455 e. The Morgan fingerprint density at radius 2 is 1.12 bits per heavy atom. The Bertz CT molecular complexity index is 3440. The lowest BCUT2D eigenvalue weighted by Crippen LogP contribution is -2.16. The van der Waals surface area contributed by atoms with Crippen LogP contribution in [0, 0.1) is 0 Å². The quantitative estimate of drug-likeness (QED) is 0.174. The van der Waals surface area contributed by atoms with Crippen LogP contribution in [-0.2, 0) is 5.41 Å². The van der Waals surface area contributed by atoms with Gasteiger partial charge in [0.25, 0.3) is 0 Å². The van der Waals surface area contributed by atoms with Gasteiger partial charge in [-0.1, -0.05) is 141 Å². The maximum atomic E-state index is 6.61. The summed E-state index contributed by atoms with van der Waals surface area (Å²) in [7, 11) is 0. The lowest BCUT2D eigenvalue weighted by Gasteiger charge is -2.28. The van der Waals surface area contributed by atoms with Gasteiger partial charge in [0.05, 0.1) is 0 Å². The molecule has 58 heavy (non-hydrogen) atoms. The number of furan rings is 1. The molecule has 2 aromatic heterocycles. The number of rotatable bonds is 5. The number of thiophene rings is 1. The predicted octanol–water partition coefficient (Wildman–Crippen LogP) is 16.2. The second-order valence-electron chi connectivity index (χ2n) is 16.1. The van der Waals surface area contributed by atoms with E-state index in [4.69, 9.17) is 4.42 Å². The van der Waals surface area contributed by atoms with Crippen LogP contribution in [0.3, 0.4) is 0 Å². The first-order valence-electron chi connectivity index (χ1n) is 20.0. The summed E-state index contributed by atoms with van der Waals surface area (Å²) in [6.45, 7) is 4.71. The number of hydrogen-bond acceptors (Lipinski definition) is 3. The van der Waals surface area contributed by atoms with Crippen LogP contribution in [0.2, 0.25) is 0 Å².